The van der Waals surface area contributed by atoms with Crippen molar-refractivity contribution >= 4 is 5.97 Å². The Kier molecular flexibility index (Phi) is 6.63. The lowest BCUT2D eigenvalue weighted by Crippen LogP contribution is -2.64. The molecule has 2 atom stereocenters. The summed E-state index contributed by atoms with van der Waals surface area (Å²) < 4.78 is 13.1. The number of carbonyl (C=O) groups excluding carboxylic acids is 1. The van der Waals surface area contributed by atoms with Crippen LogP contribution in [-0.4, -0.2) is 59.2 Å². The van der Waals surface area contributed by atoms with Gasteiger partial charge in [0.25, 0.3) is 0 Å². The van der Waals surface area contributed by atoms with Crippen LogP contribution in [0.3, 0.4) is 0 Å². The molecule has 0 spiro atoms. The van der Waals surface area contributed by atoms with Crippen LogP contribution in [0, 0.1) is 5.92 Å². The summed E-state index contributed by atoms with van der Waals surface area (Å²) in [6, 6.07) is 19.9. The molecule has 4 fully saturated rings. The number of aromatic nitrogens is 1. The fraction of sp³-hybridized carbons (Fsp3) is 0.467. The molecule has 0 N–H and O–H groups in total. The van der Waals surface area contributed by atoms with Gasteiger partial charge in [-0.15, -0.1) is 0 Å². The van der Waals surface area contributed by atoms with Crippen LogP contribution >= 0.6 is 0 Å². The number of piperidine rings is 4. The van der Waals surface area contributed by atoms with Gasteiger partial charge in [0.1, 0.15) is 31.1 Å². The van der Waals surface area contributed by atoms with Crippen molar-refractivity contribution < 1.29 is 18.4 Å². The molecule has 0 saturated carbocycles. The van der Waals surface area contributed by atoms with E-state index in [0.717, 1.165) is 86.3 Å². The van der Waals surface area contributed by atoms with Crippen LogP contribution in [0.4, 0.5) is 0 Å². The number of benzene rings is 2. The van der Waals surface area contributed by atoms with Gasteiger partial charge in [-0.2, -0.15) is 0 Å². The highest BCUT2D eigenvalue weighted by atomic mass is 16.5. The van der Waals surface area contributed by atoms with Gasteiger partial charge >= 0.3 is 5.97 Å². The van der Waals surface area contributed by atoms with E-state index in [2.05, 4.69) is 17.0 Å². The Morgan fingerprint density at radius 2 is 1.69 bits per heavy atom. The third kappa shape index (κ3) is 4.84. The quantitative estimate of drug-likeness (QED) is 0.339. The molecule has 4 saturated heterocycles. The predicted octanol–water partition coefficient (Wildman–Crippen LogP) is 5.22. The first-order valence-electron chi connectivity index (χ1n) is 13.5. The normalized spacial score (nSPS) is 27.0. The molecule has 36 heavy (non-hydrogen) atoms. The van der Waals surface area contributed by atoms with Gasteiger partial charge in [-0.05, 0) is 43.6 Å². The van der Waals surface area contributed by atoms with Crippen molar-refractivity contribution in [3.05, 3.63) is 78.2 Å². The summed E-state index contributed by atoms with van der Waals surface area (Å²) in [5.41, 5.74) is 3.03. The molecule has 0 aliphatic carbocycles. The van der Waals surface area contributed by atoms with Crippen LogP contribution in [0.5, 0.6) is 0 Å². The van der Waals surface area contributed by atoms with E-state index in [0.29, 0.717) is 11.8 Å². The van der Waals surface area contributed by atoms with Crippen molar-refractivity contribution in [3.8, 4) is 11.5 Å². The second kappa shape index (κ2) is 10.2. The third-order valence-corrected chi connectivity index (χ3v) is 8.47. The Morgan fingerprint density at radius 3 is 2.42 bits per heavy atom. The molecule has 2 bridgehead atoms. The number of quaternary nitrogens is 1. The predicted molar refractivity (Wildman–Crippen MR) is 138 cm³/mol. The zero-order valence-electron chi connectivity index (χ0n) is 20.9. The molecule has 7 rings (SSSR count). The first-order chi connectivity index (χ1) is 17.7. The maximum absolute atomic E-state index is 13.7. The SMILES string of the molecule is O=C(O[C@H]1C[N+]2(Cc3coc(-c4ccccc4)n3)CCC1CC2)C(c1ccccc1)N1CCCCC1. The maximum Gasteiger partial charge on any atom is 0.328 e. The number of likely N-dealkylation sites (tertiary alicyclic amines) is 1. The minimum Gasteiger partial charge on any atom is -0.455 e. The minimum absolute atomic E-state index is 0.0310. The molecular formula is C30H36N3O3+. The van der Waals surface area contributed by atoms with Gasteiger partial charge in [0.15, 0.2) is 6.10 Å². The van der Waals surface area contributed by atoms with E-state index in [1.165, 1.54) is 6.42 Å². The summed E-state index contributed by atoms with van der Waals surface area (Å²) in [7, 11) is 0. The maximum atomic E-state index is 13.7. The molecule has 2 aromatic carbocycles. The third-order valence-electron chi connectivity index (χ3n) is 8.47. The number of oxazole rings is 1. The van der Waals surface area contributed by atoms with Gasteiger partial charge in [0.2, 0.25) is 5.89 Å². The molecule has 4 aliphatic heterocycles. The standard InChI is InChI=1S/C30H36N3O3/c34-30(28(24-10-4-1-5-11-24)32-16-8-3-9-17-32)36-27-21-33(18-14-23(27)15-19-33)20-26-22-35-29(31-26)25-12-6-2-7-13-25/h1-2,4-7,10-13,22-23,27-28H,3,8-9,14-21H2/q+1/t23?,27-,28?,33?/m0/s1. The molecule has 3 aromatic rings. The van der Waals surface area contributed by atoms with Gasteiger partial charge < -0.3 is 13.6 Å². The number of fused-ring (bicyclic) bond motifs is 3. The number of carbonyl (C=O) groups is 1. The highest BCUT2D eigenvalue weighted by Gasteiger charge is 2.48. The molecule has 188 valence electrons. The van der Waals surface area contributed by atoms with Crippen molar-refractivity contribution in [2.45, 2.75) is 50.8 Å². The van der Waals surface area contributed by atoms with E-state index in [9.17, 15) is 4.79 Å². The van der Waals surface area contributed by atoms with Crippen molar-refractivity contribution in [2.24, 2.45) is 5.92 Å². The number of nitrogens with zero attached hydrogens (tertiary/aromatic N) is 3. The summed E-state index contributed by atoms with van der Waals surface area (Å²) in [5.74, 6) is 1.06. The van der Waals surface area contributed by atoms with Crippen molar-refractivity contribution in [1.82, 2.24) is 9.88 Å². The average molecular weight is 487 g/mol. The molecule has 1 aromatic heterocycles. The second-order valence-electron chi connectivity index (χ2n) is 10.9. The average Bonchev–Trinajstić information content (AvgIpc) is 3.39. The van der Waals surface area contributed by atoms with Gasteiger partial charge in [-0.25, -0.2) is 9.78 Å². The molecule has 4 aliphatic rings. The number of ether oxygens (including phenoxy) is 1. The molecule has 0 amide bonds. The van der Waals surface area contributed by atoms with Gasteiger partial charge in [0, 0.05) is 24.3 Å². The summed E-state index contributed by atoms with van der Waals surface area (Å²) in [6.45, 7) is 5.83. The second-order valence-corrected chi connectivity index (χ2v) is 10.9. The first kappa shape index (κ1) is 23.4. The van der Waals surface area contributed by atoms with Gasteiger partial charge in [0.05, 0.1) is 13.1 Å². The fourth-order valence-electron chi connectivity index (χ4n) is 6.53. The van der Waals surface area contributed by atoms with Crippen LogP contribution in [0.1, 0.15) is 49.4 Å². The summed E-state index contributed by atoms with van der Waals surface area (Å²) >= 11 is 0. The Morgan fingerprint density at radius 1 is 1.00 bits per heavy atom. The van der Waals surface area contributed by atoms with Gasteiger partial charge in [-0.1, -0.05) is 55.0 Å². The lowest BCUT2D eigenvalue weighted by Gasteiger charge is -2.52. The van der Waals surface area contributed by atoms with E-state index in [1.807, 2.05) is 48.5 Å². The lowest BCUT2D eigenvalue weighted by molar-refractivity contribution is -0.958. The topological polar surface area (TPSA) is 55.6 Å². The molecule has 0 radical (unpaired) electrons. The smallest absolute Gasteiger partial charge is 0.328 e. The Bertz CT molecular complexity index is 1150. The van der Waals surface area contributed by atoms with E-state index in [1.54, 1.807) is 6.26 Å². The van der Waals surface area contributed by atoms with Crippen molar-refractivity contribution in [2.75, 3.05) is 32.7 Å². The molecule has 6 heteroatoms. The zero-order chi connectivity index (χ0) is 24.4. The summed E-state index contributed by atoms with van der Waals surface area (Å²) in [6.07, 6.45) is 7.50. The largest absolute Gasteiger partial charge is 0.455 e. The zero-order valence-corrected chi connectivity index (χ0v) is 20.9. The van der Waals surface area contributed by atoms with E-state index in [-0.39, 0.29) is 18.1 Å². The Hall–Kier alpha value is -2.96. The Balaban J connectivity index is 1.17. The monoisotopic (exact) mass is 486 g/mol. The molecule has 6 nitrogen and oxygen atoms in total. The van der Waals surface area contributed by atoms with Crippen molar-refractivity contribution in [3.63, 3.8) is 0 Å². The van der Waals surface area contributed by atoms with E-state index < -0.39 is 0 Å². The van der Waals surface area contributed by atoms with E-state index >= 15 is 0 Å². The number of hydrogen-bond acceptors (Lipinski definition) is 5. The Labute approximate surface area is 213 Å². The summed E-state index contributed by atoms with van der Waals surface area (Å²) in [4.78, 5) is 20.8. The minimum atomic E-state index is -0.306. The van der Waals surface area contributed by atoms with Gasteiger partial charge in [-0.3, -0.25) is 4.90 Å². The molecule has 1 unspecified atom stereocenters. The van der Waals surface area contributed by atoms with E-state index in [4.69, 9.17) is 14.1 Å². The number of esters is 1. The number of rotatable bonds is 7. The fourth-order valence-corrected chi connectivity index (χ4v) is 6.53. The van der Waals surface area contributed by atoms with Crippen LogP contribution in [-0.2, 0) is 16.1 Å². The van der Waals surface area contributed by atoms with Crippen LogP contribution in [0.2, 0.25) is 0 Å². The first-order valence-corrected chi connectivity index (χ1v) is 13.5. The van der Waals surface area contributed by atoms with Crippen LogP contribution in [0.25, 0.3) is 11.5 Å². The van der Waals surface area contributed by atoms with Crippen LogP contribution < -0.4 is 0 Å². The highest BCUT2D eigenvalue weighted by molar-refractivity contribution is 5.78. The van der Waals surface area contributed by atoms with Crippen LogP contribution in [0.15, 0.2) is 71.3 Å². The molecular weight excluding hydrogens is 450 g/mol. The molecule has 5 heterocycles. The van der Waals surface area contributed by atoms with Crippen molar-refractivity contribution in [1.29, 1.82) is 0 Å². The number of hydrogen-bond donors (Lipinski definition) is 0. The lowest BCUT2D eigenvalue weighted by atomic mass is 9.83. The summed E-state index contributed by atoms with van der Waals surface area (Å²) in [5, 5.41) is 0. The highest BCUT2D eigenvalue weighted by Crippen LogP contribution is 2.38.